The first-order valence-electron chi connectivity index (χ1n) is 15.9. The Bertz CT molecular complexity index is 1680. The van der Waals surface area contributed by atoms with Crippen molar-refractivity contribution in [1.29, 1.82) is 0 Å². The van der Waals surface area contributed by atoms with Gasteiger partial charge in [0.25, 0.3) is 5.91 Å². The van der Waals surface area contributed by atoms with E-state index >= 15 is 0 Å². The lowest BCUT2D eigenvalue weighted by Crippen LogP contribution is -2.54. The quantitative estimate of drug-likeness (QED) is 0.0930. The molecule has 3 N–H and O–H groups in total. The van der Waals surface area contributed by atoms with E-state index in [9.17, 15) is 42.4 Å². The lowest BCUT2D eigenvalue weighted by atomic mass is 9.75. The Morgan fingerprint density at radius 1 is 1.02 bits per heavy atom. The molecule has 0 radical (unpaired) electrons. The maximum absolute atomic E-state index is 14.1. The second-order valence-corrected chi connectivity index (χ2v) is 14.7. The van der Waals surface area contributed by atoms with Gasteiger partial charge in [-0.2, -0.15) is 0 Å². The van der Waals surface area contributed by atoms with E-state index in [2.05, 4.69) is 10.6 Å². The Balaban J connectivity index is 1.69. The van der Waals surface area contributed by atoms with Gasteiger partial charge in [-0.1, -0.05) is 19.9 Å². The van der Waals surface area contributed by atoms with E-state index in [0.717, 1.165) is 18.3 Å². The number of carbonyl (C=O) groups excluding carboxylic acids is 4. The summed E-state index contributed by atoms with van der Waals surface area (Å²) in [5, 5.41) is 16.3. The Morgan fingerprint density at radius 3 is 2.16 bits per heavy atom. The lowest BCUT2D eigenvalue weighted by Gasteiger charge is -2.40. The Morgan fingerprint density at radius 2 is 1.61 bits per heavy atom. The predicted molar refractivity (Wildman–Crippen MR) is 174 cm³/mol. The lowest BCUT2D eigenvalue weighted by molar-refractivity contribution is -0.0302. The normalized spacial score (nSPS) is 15.3. The Kier molecular flexibility index (Phi) is 14.3. The third-order valence-electron chi connectivity index (χ3n) is 7.52. The zero-order chi connectivity index (χ0) is 38.1. The highest BCUT2D eigenvalue weighted by Gasteiger charge is 2.44. The van der Waals surface area contributed by atoms with Crippen LogP contribution in [-0.4, -0.2) is 78.2 Å². The second-order valence-electron chi connectivity index (χ2n) is 12.5. The second kappa shape index (κ2) is 17.7. The van der Waals surface area contributed by atoms with Crippen molar-refractivity contribution in [3.8, 4) is 5.75 Å². The highest BCUT2D eigenvalue weighted by Crippen LogP contribution is 2.48. The van der Waals surface area contributed by atoms with Crippen LogP contribution < -0.4 is 16.1 Å². The summed E-state index contributed by atoms with van der Waals surface area (Å²) < 4.78 is 71.6. The minimum atomic E-state index is -4.06. The number of aromatic hydroxyl groups is 1. The molecular weight excluding hydrogens is 703 g/mol. The van der Waals surface area contributed by atoms with Crippen molar-refractivity contribution in [2.75, 3.05) is 26.3 Å². The van der Waals surface area contributed by atoms with Crippen LogP contribution in [0.15, 0.2) is 29.2 Å². The van der Waals surface area contributed by atoms with Crippen LogP contribution in [0.5, 0.6) is 5.75 Å². The molecule has 0 fully saturated rings. The molecule has 0 saturated heterocycles. The summed E-state index contributed by atoms with van der Waals surface area (Å²) in [6.07, 6.45) is -2.18. The number of hydrogen-bond donors (Lipinski definition) is 3. The fourth-order valence-electron chi connectivity index (χ4n) is 4.82. The van der Waals surface area contributed by atoms with Crippen molar-refractivity contribution in [3.63, 3.8) is 0 Å². The van der Waals surface area contributed by atoms with Crippen LogP contribution in [0.25, 0.3) is 0 Å². The molecule has 51 heavy (non-hydrogen) atoms. The number of nitrogens with zero attached hydrogens (tertiary/aromatic N) is 1. The topological polar surface area (TPSA) is 207 Å². The van der Waals surface area contributed by atoms with Gasteiger partial charge in [0.05, 0.1) is 18.4 Å². The van der Waals surface area contributed by atoms with Crippen LogP contribution in [0.4, 0.5) is 18.4 Å². The van der Waals surface area contributed by atoms with E-state index in [4.69, 9.17) is 28.0 Å². The fourth-order valence-corrected chi connectivity index (χ4v) is 6.12. The van der Waals surface area contributed by atoms with Gasteiger partial charge in [-0.05, 0) is 46.7 Å². The minimum absolute atomic E-state index is 0.00293. The zero-order valence-corrected chi connectivity index (χ0v) is 29.9. The first-order valence-corrected chi connectivity index (χ1v) is 17.6. The van der Waals surface area contributed by atoms with E-state index in [0.29, 0.717) is 6.07 Å². The van der Waals surface area contributed by atoms with Crippen LogP contribution in [0, 0.1) is 17.0 Å². The molecule has 0 aliphatic carbocycles. The van der Waals surface area contributed by atoms with Crippen molar-refractivity contribution in [2.24, 2.45) is 5.41 Å². The smallest absolute Gasteiger partial charge is 0.503 e. The molecule has 1 aromatic carbocycles. The minimum Gasteiger partial charge on any atom is -0.503 e. The third-order valence-corrected chi connectivity index (χ3v) is 9.38. The summed E-state index contributed by atoms with van der Waals surface area (Å²) in [6.45, 7) is 7.68. The Labute approximate surface area is 292 Å². The van der Waals surface area contributed by atoms with Crippen molar-refractivity contribution in [3.05, 3.63) is 63.1 Å². The van der Waals surface area contributed by atoms with Gasteiger partial charge in [-0.15, -0.1) is 0 Å². The van der Waals surface area contributed by atoms with Gasteiger partial charge in [0.15, 0.2) is 11.5 Å². The van der Waals surface area contributed by atoms with Crippen molar-refractivity contribution in [2.45, 2.75) is 79.3 Å². The molecule has 1 atom stereocenters. The largest absolute Gasteiger partial charge is 0.510 e. The number of pyridine rings is 1. The van der Waals surface area contributed by atoms with Gasteiger partial charge >= 0.3 is 19.9 Å². The summed E-state index contributed by atoms with van der Waals surface area (Å²) >= 11 is 0. The number of ether oxygens (including phenoxy) is 4. The number of ketones is 1. The predicted octanol–water partition coefficient (Wildman–Crippen LogP) is 4.60. The van der Waals surface area contributed by atoms with Crippen LogP contribution in [0.2, 0.25) is 0 Å². The average Bonchev–Trinajstić information content (AvgIpc) is 3.02. The van der Waals surface area contributed by atoms with E-state index in [-0.39, 0.29) is 43.5 Å². The molecule has 282 valence electrons. The molecular formula is C32H42F2N3O13P. The number of rotatable bonds is 16. The maximum atomic E-state index is 14.1. The van der Waals surface area contributed by atoms with Crippen molar-refractivity contribution >= 4 is 31.6 Å². The first kappa shape index (κ1) is 41.0. The van der Waals surface area contributed by atoms with Gasteiger partial charge in [0.2, 0.25) is 19.0 Å². The van der Waals surface area contributed by atoms with Crippen LogP contribution in [-0.2, 0) is 45.6 Å². The van der Waals surface area contributed by atoms with Crippen molar-refractivity contribution in [1.82, 2.24) is 15.2 Å². The molecule has 1 amide bonds. The summed E-state index contributed by atoms with van der Waals surface area (Å²) in [7, 11) is -4.06. The van der Waals surface area contributed by atoms with Crippen LogP contribution in [0.3, 0.4) is 0 Å². The van der Waals surface area contributed by atoms with Gasteiger partial charge in [-0.25, -0.2) is 18.4 Å². The zero-order valence-electron chi connectivity index (χ0n) is 29.0. The fraction of sp³-hybridized carbons (Fsp3) is 0.531. The number of fused-ring (bicyclic) bond motifs is 1. The number of hydrogen-bond acceptors (Lipinski definition) is 14. The molecule has 0 saturated carbocycles. The number of amides is 1. The molecule has 19 heteroatoms. The summed E-state index contributed by atoms with van der Waals surface area (Å²) in [5.74, 6) is -4.21. The van der Waals surface area contributed by atoms with Crippen LogP contribution in [0.1, 0.15) is 74.4 Å². The molecule has 3 rings (SSSR count). The monoisotopic (exact) mass is 745 g/mol. The number of carbonyl (C=O) groups is 4. The number of benzene rings is 1. The Hall–Kier alpha value is -4.38. The molecule has 2 heterocycles. The number of nitrogens with one attached hydrogen (secondary N) is 2. The number of aromatic nitrogens is 1. The molecule has 16 nitrogen and oxygen atoms in total. The molecule has 0 bridgehead atoms. The standard InChI is InChI=1S/C32H42F2N3O13P/c1-18(2)49-30(42)45-16-47-51(44,48-17-46-31(43)50-19(3)4)11-7-10-35-24-15-37-14-22(26(38)27(39)25(37)28(40)32(24,5)6)29(41)36-13-20-8-9-21(33)12-23(20)34/h8-9,12,14,18-19,24,35,39H,7,10-11,13,15-17H2,1-6H3,(H,36,41). The average molecular weight is 746 g/mol. The SMILES string of the molecule is CC(C)OC(=O)OCOP(=O)(CCCNC1Cn2cc(C(=O)NCc3ccc(F)cc3F)c(=O)c(O)c2C(=O)C1(C)C)OCOC(=O)OC(C)C. The maximum Gasteiger partial charge on any atom is 0.510 e. The van der Waals surface area contributed by atoms with Gasteiger partial charge in [0, 0.05) is 42.4 Å². The summed E-state index contributed by atoms with van der Waals surface area (Å²) in [6, 6.07) is 2.13. The van der Waals surface area contributed by atoms with E-state index in [1.165, 1.54) is 4.57 Å². The number of halogens is 2. The molecule has 2 aromatic rings. The van der Waals surface area contributed by atoms with Gasteiger partial charge in [0.1, 0.15) is 22.9 Å². The van der Waals surface area contributed by atoms with E-state index in [1.807, 2.05) is 0 Å². The van der Waals surface area contributed by atoms with Gasteiger partial charge in [-0.3, -0.25) is 28.0 Å². The molecule has 0 spiro atoms. The van der Waals surface area contributed by atoms with E-state index < -0.39 is 97.2 Å². The number of Topliss-reactive ketones (excluding diaryl/α,β-unsaturated/α-hetero) is 1. The summed E-state index contributed by atoms with van der Waals surface area (Å²) in [4.78, 5) is 62.8. The van der Waals surface area contributed by atoms with Crippen LogP contribution >= 0.6 is 7.60 Å². The molecule has 1 aliphatic rings. The molecule has 1 aromatic heterocycles. The van der Waals surface area contributed by atoms with E-state index in [1.54, 1.807) is 41.5 Å². The molecule has 1 unspecified atom stereocenters. The molecule has 1 aliphatic heterocycles. The highest BCUT2D eigenvalue weighted by atomic mass is 31.2. The highest BCUT2D eigenvalue weighted by molar-refractivity contribution is 7.53. The van der Waals surface area contributed by atoms with Crippen molar-refractivity contribution < 1.29 is 65.6 Å². The first-order chi connectivity index (χ1) is 23.8. The third kappa shape index (κ3) is 11.3. The summed E-state index contributed by atoms with van der Waals surface area (Å²) in [5.41, 5.74) is -3.15. The van der Waals surface area contributed by atoms with Gasteiger partial charge < -0.3 is 39.3 Å².